The number of aliphatic hydroxyl groups is 8. The van der Waals surface area contributed by atoms with Crippen LogP contribution >= 0.6 is 0 Å². The second-order valence-corrected chi connectivity index (χ2v) is 5.32. The minimum Gasteiger partial charge on any atom is -0.394 e. The van der Waals surface area contributed by atoms with E-state index >= 15 is 0 Å². The van der Waals surface area contributed by atoms with E-state index in [1.807, 2.05) is 0 Å². The van der Waals surface area contributed by atoms with Crippen LogP contribution in [0.5, 0.6) is 0 Å². The van der Waals surface area contributed by atoms with Crippen molar-refractivity contribution in [1.29, 1.82) is 0 Å². The minimum absolute atomic E-state index is 0.760. The highest BCUT2D eigenvalue weighted by molar-refractivity contribution is 5.88. The monoisotopic (exact) mass is 326 g/mol. The molecule has 1 aliphatic heterocycles. The predicted octanol–water partition coefficient (Wildman–Crippen LogP) is -5.14. The number of carbonyl (C=O) groups excluding carboxylic acids is 1. The van der Waals surface area contributed by atoms with E-state index in [-0.39, 0.29) is 0 Å². The fraction of sp³-hybridized carbons (Fsp3) is 0.917. The van der Waals surface area contributed by atoms with Crippen LogP contribution in [0.25, 0.3) is 0 Å². The molecule has 130 valence electrons. The third kappa shape index (κ3) is 3.79. The van der Waals surface area contributed by atoms with Crippen molar-refractivity contribution in [1.82, 2.24) is 0 Å². The van der Waals surface area contributed by atoms with Crippen LogP contribution in [0.15, 0.2) is 0 Å². The van der Waals surface area contributed by atoms with E-state index in [0.29, 0.717) is 0 Å². The maximum absolute atomic E-state index is 12.0. The molecule has 8 N–H and O–H groups in total. The molecule has 22 heavy (non-hydrogen) atoms. The standard InChI is InChI=1S/C12H22O10/c1-3(14)5(15)7(17)9(19)11(21)12-10(20)8(18)6(16)4(2-13)22-12/h3-10,12-20H,2H2,1H3/t3-,4-,5-,6-,7+,8+,9+,10-,12?/m1/s1. The molecule has 0 amide bonds. The van der Waals surface area contributed by atoms with Crippen LogP contribution < -0.4 is 0 Å². The van der Waals surface area contributed by atoms with Gasteiger partial charge in [0.1, 0.15) is 48.8 Å². The van der Waals surface area contributed by atoms with Crippen molar-refractivity contribution < 1.29 is 50.4 Å². The first-order valence-electron chi connectivity index (χ1n) is 6.70. The summed E-state index contributed by atoms with van der Waals surface area (Å²) in [5, 5.41) is 75.7. The summed E-state index contributed by atoms with van der Waals surface area (Å²) in [6.07, 6.45) is -16.1. The molecule has 1 rings (SSSR count). The summed E-state index contributed by atoms with van der Waals surface area (Å²) in [5.74, 6) is -1.27. The van der Waals surface area contributed by atoms with Gasteiger partial charge in [0.05, 0.1) is 12.7 Å². The first-order chi connectivity index (χ1) is 10.1. The Morgan fingerprint density at radius 2 is 1.55 bits per heavy atom. The van der Waals surface area contributed by atoms with E-state index in [2.05, 4.69) is 0 Å². The topological polar surface area (TPSA) is 188 Å². The lowest BCUT2D eigenvalue weighted by atomic mass is 9.89. The summed E-state index contributed by atoms with van der Waals surface area (Å²) < 4.78 is 4.93. The van der Waals surface area contributed by atoms with Crippen molar-refractivity contribution in [3.8, 4) is 0 Å². The molecule has 0 aromatic rings. The third-order valence-corrected chi connectivity index (χ3v) is 3.63. The van der Waals surface area contributed by atoms with Crippen LogP contribution in [0.2, 0.25) is 0 Å². The molecule has 0 aliphatic carbocycles. The lowest BCUT2D eigenvalue weighted by Gasteiger charge is -2.40. The van der Waals surface area contributed by atoms with Crippen molar-refractivity contribution in [3.63, 3.8) is 0 Å². The van der Waals surface area contributed by atoms with Gasteiger partial charge in [0, 0.05) is 0 Å². The average Bonchev–Trinajstić information content (AvgIpc) is 2.50. The van der Waals surface area contributed by atoms with Gasteiger partial charge < -0.3 is 45.6 Å². The number of hydrogen-bond acceptors (Lipinski definition) is 10. The Kier molecular flexibility index (Phi) is 6.80. The molecular weight excluding hydrogens is 304 g/mol. The Hall–Kier alpha value is -0.690. The average molecular weight is 326 g/mol. The molecule has 0 aromatic carbocycles. The van der Waals surface area contributed by atoms with E-state index in [0.717, 1.165) is 6.92 Å². The molecule has 1 heterocycles. The highest BCUT2D eigenvalue weighted by Gasteiger charge is 2.49. The predicted molar refractivity (Wildman–Crippen MR) is 68.5 cm³/mol. The molecule has 10 heteroatoms. The van der Waals surface area contributed by atoms with Gasteiger partial charge in [0.15, 0.2) is 5.78 Å². The molecule has 0 radical (unpaired) electrons. The highest BCUT2D eigenvalue weighted by Crippen LogP contribution is 2.23. The van der Waals surface area contributed by atoms with Crippen molar-refractivity contribution in [2.24, 2.45) is 0 Å². The summed E-state index contributed by atoms with van der Waals surface area (Å²) in [5.41, 5.74) is 0. The number of rotatable bonds is 6. The highest BCUT2D eigenvalue weighted by atomic mass is 16.5. The van der Waals surface area contributed by atoms with E-state index in [4.69, 9.17) is 14.9 Å². The van der Waals surface area contributed by atoms with Gasteiger partial charge in [-0.05, 0) is 6.92 Å². The van der Waals surface area contributed by atoms with Gasteiger partial charge >= 0.3 is 0 Å². The van der Waals surface area contributed by atoms with Gasteiger partial charge in [0.2, 0.25) is 0 Å². The van der Waals surface area contributed by atoms with Crippen LogP contribution in [-0.4, -0.2) is 108 Å². The fourth-order valence-corrected chi connectivity index (χ4v) is 2.15. The van der Waals surface area contributed by atoms with Crippen LogP contribution in [0.4, 0.5) is 0 Å². The molecule has 0 saturated carbocycles. The third-order valence-electron chi connectivity index (χ3n) is 3.63. The smallest absolute Gasteiger partial charge is 0.195 e. The van der Waals surface area contributed by atoms with Gasteiger partial charge in [-0.15, -0.1) is 0 Å². The maximum atomic E-state index is 12.0. The second kappa shape index (κ2) is 7.73. The molecule has 0 bridgehead atoms. The Morgan fingerprint density at radius 3 is 2.00 bits per heavy atom. The molecule has 1 unspecified atom stereocenters. The molecule has 9 atom stereocenters. The zero-order chi connectivity index (χ0) is 17.2. The van der Waals surface area contributed by atoms with Crippen LogP contribution in [-0.2, 0) is 9.53 Å². The van der Waals surface area contributed by atoms with Crippen LogP contribution in [0.1, 0.15) is 6.92 Å². The summed E-state index contributed by atoms with van der Waals surface area (Å²) in [7, 11) is 0. The van der Waals surface area contributed by atoms with Gasteiger partial charge in [-0.25, -0.2) is 0 Å². The summed E-state index contributed by atoms with van der Waals surface area (Å²) in [6.45, 7) is 0.364. The van der Waals surface area contributed by atoms with Gasteiger partial charge in [-0.1, -0.05) is 0 Å². The van der Waals surface area contributed by atoms with Crippen LogP contribution in [0, 0.1) is 0 Å². The van der Waals surface area contributed by atoms with Gasteiger partial charge in [-0.3, -0.25) is 4.79 Å². The number of carbonyl (C=O) groups is 1. The molecule has 0 aromatic heterocycles. The molecule has 0 spiro atoms. The van der Waals surface area contributed by atoms with Crippen LogP contribution in [0.3, 0.4) is 0 Å². The summed E-state index contributed by atoms with van der Waals surface area (Å²) in [6, 6.07) is 0. The van der Waals surface area contributed by atoms with E-state index in [1.165, 1.54) is 0 Å². The number of hydrogen-bond donors (Lipinski definition) is 8. The molecule has 1 fully saturated rings. The zero-order valence-electron chi connectivity index (χ0n) is 11.8. The molecule has 1 saturated heterocycles. The van der Waals surface area contributed by atoms with Crippen molar-refractivity contribution in [2.75, 3.05) is 6.61 Å². The molecule has 1 aliphatic rings. The number of Topliss-reactive ketones (excluding diaryl/α,β-unsaturated/α-hetero) is 1. The van der Waals surface area contributed by atoms with E-state index < -0.39 is 67.3 Å². The SMILES string of the molecule is C[C@@H](O)[C@@H](O)[C@H](O)[C@H](O)C(=O)C1O[C@H](CO)[C@@H](O)[C@H](O)[C@H]1O. The second-order valence-electron chi connectivity index (χ2n) is 5.32. The largest absolute Gasteiger partial charge is 0.394 e. The Labute approximate surface area is 125 Å². The minimum atomic E-state index is -2.22. The lowest BCUT2D eigenvalue weighted by molar-refractivity contribution is -0.231. The number of ketones is 1. The van der Waals surface area contributed by atoms with Crippen molar-refractivity contribution in [2.45, 2.75) is 61.9 Å². The van der Waals surface area contributed by atoms with Crippen molar-refractivity contribution in [3.05, 3.63) is 0 Å². The maximum Gasteiger partial charge on any atom is 0.195 e. The first kappa shape index (κ1) is 19.4. The first-order valence-corrected chi connectivity index (χ1v) is 6.70. The fourth-order valence-electron chi connectivity index (χ4n) is 2.15. The van der Waals surface area contributed by atoms with Gasteiger partial charge in [0.25, 0.3) is 0 Å². The Morgan fingerprint density at radius 1 is 1.00 bits per heavy atom. The zero-order valence-corrected chi connectivity index (χ0v) is 11.8. The van der Waals surface area contributed by atoms with E-state index in [1.54, 1.807) is 0 Å². The summed E-state index contributed by atoms with van der Waals surface area (Å²) in [4.78, 5) is 12.0. The summed E-state index contributed by atoms with van der Waals surface area (Å²) >= 11 is 0. The molecule has 10 nitrogen and oxygen atoms in total. The number of ether oxygens (including phenoxy) is 1. The lowest BCUT2D eigenvalue weighted by Crippen LogP contribution is -2.63. The quantitative estimate of drug-likeness (QED) is 0.234. The Balaban J connectivity index is 2.86. The normalized spacial score (nSPS) is 38.1. The van der Waals surface area contributed by atoms with Gasteiger partial charge in [-0.2, -0.15) is 0 Å². The van der Waals surface area contributed by atoms with Crippen molar-refractivity contribution >= 4 is 5.78 Å². The van der Waals surface area contributed by atoms with E-state index in [9.17, 15) is 35.4 Å². The molecular formula is C12H22O10. The Bertz CT molecular complexity index is 373. The number of aliphatic hydroxyl groups excluding tert-OH is 8.